The van der Waals surface area contributed by atoms with Gasteiger partial charge in [0.05, 0.1) is 5.60 Å². The molecular formula is C8H20N2O. The Morgan fingerprint density at radius 3 is 2.27 bits per heavy atom. The van der Waals surface area contributed by atoms with Gasteiger partial charge in [-0.05, 0) is 40.4 Å². The van der Waals surface area contributed by atoms with Crippen molar-refractivity contribution in [2.45, 2.75) is 25.4 Å². The molecule has 0 bridgehead atoms. The summed E-state index contributed by atoms with van der Waals surface area (Å²) in [7, 11) is 4.00. The summed E-state index contributed by atoms with van der Waals surface area (Å²) < 4.78 is 0. The monoisotopic (exact) mass is 160 g/mol. The van der Waals surface area contributed by atoms with E-state index >= 15 is 0 Å². The molecule has 0 aromatic rings. The lowest BCUT2D eigenvalue weighted by atomic mass is 9.98. The second kappa shape index (κ2) is 4.70. The van der Waals surface area contributed by atoms with Crippen molar-refractivity contribution < 1.29 is 5.11 Å². The topological polar surface area (TPSA) is 49.5 Å². The van der Waals surface area contributed by atoms with Crippen LogP contribution >= 0.6 is 0 Å². The largest absolute Gasteiger partial charge is 0.390 e. The molecule has 0 saturated heterocycles. The number of nitrogens with two attached hydrogens (primary N) is 1. The summed E-state index contributed by atoms with van der Waals surface area (Å²) in [5, 5.41) is 9.66. The first-order valence-corrected chi connectivity index (χ1v) is 4.05. The van der Waals surface area contributed by atoms with Gasteiger partial charge in [-0.3, -0.25) is 0 Å². The van der Waals surface area contributed by atoms with Crippen LogP contribution in [0, 0.1) is 0 Å². The normalized spacial score (nSPS) is 16.9. The second-order valence-corrected chi connectivity index (χ2v) is 3.59. The maximum absolute atomic E-state index is 9.66. The fourth-order valence-electron chi connectivity index (χ4n) is 0.900. The molecule has 1 atom stereocenters. The molecule has 0 radical (unpaired) electrons. The number of hydrogen-bond donors (Lipinski definition) is 2. The summed E-state index contributed by atoms with van der Waals surface area (Å²) in [5.41, 5.74) is 4.76. The van der Waals surface area contributed by atoms with Crippen LogP contribution in [-0.4, -0.2) is 42.8 Å². The smallest absolute Gasteiger partial charge is 0.0644 e. The van der Waals surface area contributed by atoms with Gasteiger partial charge in [0, 0.05) is 6.54 Å². The van der Waals surface area contributed by atoms with Crippen molar-refractivity contribution in [2.24, 2.45) is 5.73 Å². The van der Waals surface area contributed by atoms with Crippen molar-refractivity contribution in [1.82, 2.24) is 4.90 Å². The zero-order valence-corrected chi connectivity index (χ0v) is 7.80. The minimum atomic E-state index is -0.584. The maximum Gasteiger partial charge on any atom is 0.0644 e. The van der Waals surface area contributed by atoms with Gasteiger partial charge in [0.25, 0.3) is 0 Å². The Morgan fingerprint density at radius 1 is 1.36 bits per heavy atom. The molecule has 0 aromatic heterocycles. The Hall–Kier alpha value is -0.120. The molecular weight excluding hydrogens is 140 g/mol. The Morgan fingerprint density at radius 2 is 1.91 bits per heavy atom. The van der Waals surface area contributed by atoms with Crippen LogP contribution < -0.4 is 5.73 Å². The van der Waals surface area contributed by atoms with Gasteiger partial charge in [0.2, 0.25) is 0 Å². The van der Waals surface area contributed by atoms with E-state index in [1.54, 1.807) is 0 Å². The Labute approximate surface area is 69.2 Å². The summed E-state index contributed by atoms with van der Waals surface area (Å²) in [6.45, 7) is 3.30. The van der Waals surface area contributed by atoms with Gasteiger partial charge in [-0.2, -0.15) is 0 Å². The fourth-order valence-corrected chi connectivity index (χ4v) is 0.900. The Balaban J connectivity index is 3.54. The van der Waals surface area contributed by atoms with Crippen molar-refractivity contribution in [2.75, 3.05) is 27.2 Å². The van der Waals surface area contributed by atoms with Crippen LogP contribution in [0.4, 0.5) is 0 Å². The van der Waals surface area contributed by atoms with E-state index in [4.69, 9.17) is 5.73 Å². The van der Waals surface area contributed by atoms with Crippen molar-refractivity contribution in [3.8, 4) is 0 Å². The molecule has 0 aliphatic carbocycles. The summed E-state index contributed by atoms with van der Waals surface area (Å²) in [6, 6.07) is 0. The van der Waals surface area contributed by atoms with Crippen molar-refractivity contribution in [1.29, 1.82) is 0 Å². The molecule has 0 rings (SSSR count). The summed E-state index contributed by atoms with van der Waals surface area (Å²) in [4.78, 5) is 2.06. The molecule has 11 heavy (non-hydrogen) atoms. The maximum atomic E-state index is 9.66. The quantitative estimate of drug-likeness (QED) is 0.597. The molecule has 0 amide bonds. The van der Waals surface area contributed by atoms with E-state index in [0.29, 0.717) is 13.0 Å². The SMILES string of the molecule is CN(C)CCC(C)(O)CCN. The van der Waals surface area contributed by atoms with Crippen molar-refractivity contribution in [3.05, 3.63) is 0 Å². The highest BCUT2D eigenvalue weighted by atomic mass is 16.3. The molecule has 0 aliphatic rings. The average Bonchev–Trinajstić information content (AvgIpc) is 1.84. The number of rotatable bonds is 5. The first kappa shape index (κ1) is 10.9. The Bertz CT molecular complexity index is 102. The zero-order chi connectivity index (χ0) is 8.91. The highest BCUT2D eigenvalue weighted by molar-refractivity contribution is 4.73. The summed E-state index contributed by atoms with van der Waals surface area (Å²) in [6.07, 6.45) is 1.47. The number of hydrogen-bond acceptors (Lipinski definition) is 3. The Kier molecular flexibility index (Phi) is 4.65. The lowest BCUT2D eigenvalue weighted by Crippen LogP contribution is -2.31. The van der Waals surface area contributed by atoms with E-state index in [2.05, 4.69) is 4.90 Å². The van der Waals surface area contributed by atoms with E-state index < -0.39 is 5.60 Å². The highest BCUT2D eigenvalue weighted by Crippen LogP contribution is 2.12. The molecule has 3 N–H and O–H groups in total. The minimum Gasteiger partial charge on any atom is -0.390 e. The first-order valence-electron chi connectivity index (χ1n) is 4.05. The molecule has 0 spiro atoms. The average molecular weight is 160 g/mol. The molecule has 0 fully saturated rings. The molecule has 0 heterocycles. The second-order valence-electron chi connectivity index (χ2n) is 3.59. The first-order chi connectivity index (χ1) is 4.98. The number of nitrogens with zero attached hydrogens (tertiary/aromatic N) is 1. The summed E-state index contributed by atoms with van der Waals surface area (Å²) in [5.74, 6) is 0. The van der Waals surface area contributed by atoms with E-state index in [1.165, 1.54) is 0 Å². The van der Waals surface area contributed by atoms with Gasteiger partial charge >= 0.3 is 0 Å². The van der Waals surface area contributed by atoms with Gasteiger partial charge in [-0.25, -0.2) is 0 Å². The predicted octanol–water partition coefficient (Wildman–Crippen LogP) is 0.0379. The minimum absolute atomic E-state index is 0.556. The van der Waals surface area contributed by atoms with E-state index in [1.807, 2.05) is 21.0 Å². The predicted molar refractivity (Wildman–Crippen MR) is 47.5 cm³/mol. The molecule has 0 saturated carbocycles. The molecule has 3 heteroatoms. The third kappa shape index (κ3) is 6.28. The third-order valence-electron chi connectivity index (χ3n) is 1.78. The van der Waals surface area contributed by atoms with Crippen LogP contribution in [-0.2, 0) is 0 Å². The highest BCUT2D eigenvalue weighted by Gasteiger charge is 2.18. The van der Waals surface area contributed by atoms with E-state index in [-0.39, 0.29) is 0 Å². The van der Waals surface area contributed by atoms with Gasteiger partial charge in [0.15, 0.2) is 0 Å². The molecule has 3 nitrogen and oxygen atoms in total. The van der Waals surface area contributed by atoms with Crippen LogP contribution in [0.2, 0.25) is 0 Å². The standard InChI is InChI=1S/C8H20N2O/c1-8(11,4-6-9)5-7-10(2)3/h11H,4-7,9H2,1-3H3. The fraction of sp³-hybridized carbons (Fsp3) is 1.00. The molecule has 1 unspecified atom stereocenters. The van der Waals surface area contributed by atoms with Crippen LogP contribution in [0.1, 0.15) is 19.8 Å². The van der Waals surface area contributed by atoms with Gasteiger partial charge in [-0.15, -0.1) is 0 Å². The van der Waals surface area contributed by atoms with Gasteiger partial charge in [0.1, 0.15) is 0 Å². The van der Waals surface area contributed by atoms with Crippen LogP contribution in [0.3, 0.4) is 0 Å². The molecule has 0 aliphatic heterocycles. The van der Waals surface area contributed by atoms with Gasteiger partial charge in [-0.1, -0.05) is 0 Å². The van der Waals surface area contributed by atoms with Crippen LogP contribution in [0.15, 0.2) is 0 Å². The van der Waals surface area contributed by atoms with E-state index in [0.717, 1.165) is 13.0 Å². The lowest BCUT2D eigenvalue weighted by Gasteiger charge is -2.24. The van der Waals surface area contributed by atoms with Gasteiger partial charge < -0.3 is 15.7 Å². The molecule has 0 aromatic carbocycles. The lowest BCUT2D eigenvalue weighted by molar-refractivity contribution is 0.0378. The zero-order valence-electron chi connectivity index (χ0n) is 7.80. The number of aliphatic hydroxyl groups is 1. The van der Waals surface area contributed by atoms with Crippen molar-refractivity contribution >= 4 is 0 Å². The summed E-state index contributed by atoms with van der Waals surface area (Å²) >= 11 is 0. The third-order valence-corrected chi connectivity index (χ3v) is 1.78. The van der Waals surface area contributed by atoms with Crippen LogP contribution in [0.5, 0.6) is 0 Å². The van der Waals surface area contributed by atoms with Crippen molar-refractivity contribution in [3.63, 3.8) is 0 Å². The molecule has 68 valence electrons. The van der Waals surface area contributed by atoms with Crippen LogP contribution in [0.25, 0.3) is 0 Å². The van der Waals surface area contributed by atoms with E-state index in [9.17, 15) is 5.11 Å².